The van der Waals surface area contributed by atoms with Gasteiger partial charge in [0.2, 0.25) is 0 Å². The zero-order valence-corrected chi connectivity index (χ0v) is 11.9. The lowest BCUT2D eigenvalue weighted by molar-refractivity contribution is 0.202. The molecule has 1 N–H and O–H groups in total. The van der Waals surface area contributed by atoms with Crippen LogP contribution in [0, 0.1) is 27.8 Å². The van der Waals surface area contributed by atoms with Gasteiger partial charge in [0.05, 0.1) is 5.69 Å². The molecule has 1 saturated heterocycles. The molecule has 0 aromatic carbocycles. The van der Waals surface area contributed by atoms with Gasteiger partial charge >= 0.3 is 0 Å². The lowest BCUT2D eigenvalue weighted by atomic mass is 9.75. The van der Waals surface area contributed by atoms with E-state index < -0.39 is 0 Å². The van der Waals surface area contributed by atoms with E-state index in [4.69, 9.17) is 12.2 Å². The topological polar surface area (TPSA) is 42.8 Å². The van der Waals surface area contributed by atoms with Gasteiger partial charge in [-0.05, 0) is 30.7 Å². The van der Waals surface area contributed by atoms with Crippen LogP contribution in [0.15, 0.2) is 12.3 Å². The van der Waals surface area contributed by atoms with E-state index in [9.17, 15) is 5.26 Å². The number of anilines is 1. The Hall–Kier alpha value is -1.34. The molecule has 0 unspecified atom stereocenters. The molecule has 19 heavy (non-hydrogen) atoms. The molecular formula is C15H19N3S. The Morgan fingerprint density at radius 1 is 1.26 bits per heavy atom. The minimum absolute atomic E-state index is 0.561. The van der Waals surface area contributed by atoms with E-state index in [-0.39, 0.29) is 0 Å². The van der Waals surface area contributed by atoms with Crippen molar-refractivity contribution in [2.24, 2.45) is 11.8 Å². The van der Waals surface area contributed by atoms with Crippen molar-refractivity contribution in [2.75, 3.05) is 18.0 Å². The number of nitrogens with zero attached hydrogens (tertiary/aromatic N) is 2. The predicted molar refractivity (Wildman–Crippen MR) is 78.6 cm³/mol. The zero-order valence-electron chi connectivity index (χ0n) is 11.1. The average molecular weight is 273 g/mol. The van der Waals surface area contributed by atoms with E-state index in [1.54, 1.807) is 0 Å². The number of piperidine rings is 1. The molecule has 2 fully saturated rings. The second-order valence-electron chi connectivity index (χ2n) is 5.72. The molecule has 1 aliphatic carbocycles. The van der Waals surface area contributed by atoms with Crippen LogP contribution in [0.1, 0.15) is 37.7 Å². The van der Waals surface area contributed by atoms with E-state index in [0.717, 1.165) is 30.6 Å². The maximum Gasteiger partial charge on any atom is 0.123 e. The number of H-pyrrole nitrogens is 1. The van der Waals surface area contributed by atoms with Gasteiger partial charge in [-0.3, -0.25) is 0 Å². The van der Waals surface area contributed by atoms with Gasteiger partial charge in [-0.1, -0.05) is 31.5 Å². The van der Waals surface area contributed by atoms with E-state index in [1.807, 2.05) is 12.3 Å². The largest absolute Gasteiger partial charge is 0.370 e. The first-order valence-electron chi connectivity index (χ1n) is 7.16. The summed E-state index contributed by atoms with van der Waals surface area (Å²) in [6.07, 6.45) is 8.64. The molecule has 100 valence electrons. The predicted octanol–water partition coefficient (Wildman–Crippen LogP) is 3.63. The summed E-state index contributed by atoms with van der Waals surface area (Å²) in [7, 11) is 0. The van der Waals surface area contributed by atoms with Crippen molar-refractivity contribution in [3.05, 3.63) is 22.5 Å². The summed E-state index contributed by atoms with van der Waals surface area (Å²) in [4.78, 5) is 5.32. The summed E-state index contributed by atoms with van der Waals surface area (Å²) in [5, 5.41) is 9.30. The quantitative estimate of drug-likeness (QED) is 0.794. The standard InChI is InChI=1S/C15H19N3S/c16-9-13-14(5-7-17-15(13)19)18-8-6-11-3-1-2-4-12(11)10-18/h5,7,11-12H,1-4,6,8,10H2,(H,17,19)/t11-,12+/m0/s1. The fourth-order valence-electron chi connectivity index (χ4n) is 3.66. The lowest BCUT2D eigenvalue weighted by Crippen LogP contribution is -2.42. The number of aromatic nitrogens is 1. The second-order valence-corrected chi connectivity index (χ2v) is 6.13. The van der Waals surface area contributed by atoms with Crippen LogP contribution < -0.4 is 4.90 Å². The van der Waals surface area contributed by atoms with Crippen molar-refractivity contribution in [2.45, 2.75) is 32.1 Å². The average Bonchev–Trinajstić information content (AvgIpc) is 2.46. The second kappa shape index (κ2) is 5.34. The molecule has 1 aliphatic heterocycles. The van der Waals surface area contributed by atoms with E-state index >= 15 is 0 Å². The van der Waals surface area contributed by atoms with E-state index in [2.05, 4.69) is 16.0 Å². The Balaban J connectivity index is 1.86. The minimum atomic E-state index is 0.561. The van der Waals surface area contributed by atoms with Crippen LogP contribution in [0.3, 0.4) is 0 Å². The molecule has 3 nitrogen and oxygen atoms in total. The molecule has 3 rings (SSSR count). The number of aromatic amines is 1. The number of nitriles is 1. The van der Waals surface area contributed by atoms with Crippen LogP contribution in [-0.2, 0) is 0 Å². The maximum absolute atomic E-state index is 9.30. The molecule has 2 heterocycles. The van der Waals surface area contributed by atoms with Crippen molar-refractivity contribution in [1.29, 1.82) is 5.26 Å². The Bertz CT molecular complexity index is 557. The minimum Gasteiger partial charge on any atom is -0.370 e. The Morgan fingerprint density at radius 2 is 2.05 bits per heavy atom. The molecule has 1 saturated carbocycles. The number of rotatable bonds is 1. The fraction of sp³-hybridized carbons (Fsp3) is 0.600. The van der Waals surface area contributed by atoms with Gasteiger partial charge in [-0.15, -0.1) is 0 Å². The van der Waals surface area contributed by atoms with E-state index in [1.165, 1.54) is 32.1 Å². The molecular weight excluding hydrogens is 254 g/mol. The van der Waals surface area contributed by atoms with Crippen LogP contribution in [0.4, 0.5) is 5.69 Å². The van der Waals surface area contributed by atoms with Crippen molar-refractivity contribution < 1.29 is 0 Å². The number of hydrogen-bond acceptors (Lipinski definition) is 3. The third kappa shape index (κ3) is 2.40. The molecule has 4 heteroatoms. The zero-order chi connectivity index (χ0) is 13.2. The summed E-state index contributed by atoms with van der Waals surface area (Å²) >= 11 is 5.22. The van der Waals surface area contributed by atoms with Gasteiger partial charge in [0.1, 0.15) is 16.3 Å². The highest BCUT2D eigenvalue weighted by atomic mass is 32.1. The molecule has 0 radical (unpaired) electrons. The summed E-state index contributed by atoms with van der Waals surface area (Å²) in [5.74, 6) is 1.72. The van der Waals surface area contributed by atoms with Crippen LogP contribution in [0.5, 0.6) is 0 Å². The number of nitrogens with one attached hydrogen (secondary N) is 1. The van der Waals surface area contributed by atoms with Gasteiger partial charge in [0.15, 0.2) is 0 Å². The van der Waals surface area contributed by atoms with Crippen LogP contribution in [0.2, 0.25) is 0 Å². The molecule has 0 spiro atoms. The van der Waals surface area contributed by atoms with Crippen molar-refractivity contribution in [3.63, 3.8) is 0 Å². The first-order valence-corrected chi connectivity index (χ1v) is 7.57. The molecule has 1 aromatic heterocycles. The summed E-state index contributed by atoms with van der Waals surface area (Å²) in [6, 6.07) is 4.25. The van der Waals surface area contributed by atoms with Crippen molar-refractivity contribution >= 4 is 17.9 Å². The van der Waals surface area contributed by atoms with E-state index in [0.29, 0.717) is 10.2 Å². The highest BCUT2D eigenvalue weighted by Crippen LogP contribution is 2.38. The summed E-state index contributed by atoms with van der Waals surface area (Å²) in [6.45, 7) is 2.16. The van der Waals surface area contributed by atoms with Crippen LogP contribution >= 0.6 is 12.2 Å². The third-order valence-corrected chi connectivity index (χ3v) is 5.00. The lowest BCUT2D eigenvalue weighted by Gasteiger charge is -2.42. The monoisotopic (exact) mass is 273 g/mol. The van der Waals surface area contributed by atoms with Gasteiger partial charge in [0, 0.05) is 19.3 Å². The molecule has 0 bridgehead atoms. The first kappa shape index (κ1) is 12.7. The van der Waals surface area contributed by atoms with Crippen LogP contribution in [0.25, 0.3) is 0 Å². The normalized spacial score (nSPS) is 26.6. The number of hydrogen-bond donors (Lipinski definition) is 1. The highest BCUT2D eigenvalue weighted by Gasteiger charge is 2.31. The number of fused-ring (bicyclic) bond motifs is 1. The molecule has 1 aromatic rings. The SMILES string of the molecule is N#Cc1c(N2CC[C@@H]3CCCC[C@@H]3C2)cc[nH]c1=S. The van der Waals surface area contributed by atoms with Crippen LogP contribution in [-0.4, -0.2) is 18.1 Å². The molecule has 0 amide bonds. The fourth-order valence-corrected chi connectivity index (χ4v) is 3.88. The first-order chi connectivity index (χ1) is 9.29. The third-order valence-electron chi connectivity index (χ3n) is 4.68. The molecule has 2 atom stereocenters. The van der Waals surface area contributed by atoms with Gasteiger partial charge in [-0.2, -0.15) is 5.26 Å². The Morgan fingerprint density at radius 3 is 2.84 bits per heavy atom. The number of pyridine rings is 1. The maximum atomic E-state index is 9.30. The smallest absolute Gasteiger partial charge is 0.123 e. The molecule has 2 aliphatic rings. The van der Waals surface area contributed by atoms with Gasteiger partial charge < -0.3 is 9.88 Å². The Labute approximate surface area is 119 Å². The Kier molecular flexibility index (Phi) is 3.56. The van der Waals surface area contributed by atoms with Gasteiger partial charge in [-0.25, -0.2) is 0 Å². The van der Waals surface area contributed by atoms with Crippen molar-refractivity contribution in [3.8, 4) is 6.07 Å². The van der Waals surface area contributed by atoms with Crippen molar-refractivity contribution in [1.82, 2.24) is 4.98 Å². The highest BCUT2D eigenvalue weighted by molar-refractivity contribution is 7.71. The van der Waals surface area contributed by atoms with Gasteiger partial charge in [0.25, 0.3) is 0 Å². The summed E-state index contributed by atoms with van der Waals surface area (Å²) in [5.41, 5.74) is 1.65. The summed E-state index contributed by atoms with van der Waals surface area (Å²) < 4.78 is 0.561.